The Kier molecular flexibility index (Phi) is 5.92. The van der Waals surface area contributed by atoms with E-state index in [9.17, 15) is 9.18 Å². The fraction of sp³-hybridized carbons (Fsp3) is 0.381. The zero-order valence-electron chi connectivity index (χ0n) is 16.7. The van der Waals surface area contributed by atoms with Gasteiger partial charge in [-0.15, -0.1) is 0 Å². The van der Waals surface area contributed by atoms with Gasteiger partial charge in [0.1, 0.15) is 5.75 Å². The van der Waals surface area contributed by atoms with Gasteiger partial charge >= 0.3 is 0 Å². The second-order valence-electron chi connectivity index (χ2n) is 6.62. The number of hydrogen-bond donors (Lipinski definition) is 0. The van der Waals surface area contributed by atoms with Crippen LogP contribution in [0.5, 0.6) is 5.75 Å². The van der Waals surface area contributed by atoms with Gasteiger partial charge < -0.3 is 9.64 Å². The number of benzene rings is 1. The first-order valence-electron chi connectivity index (χ1n) is 9.41. The van der Waals surface area contributed by atoms with Crippen molar-refractivity contribution in [3.8, 4) is 17.0 Å². The molecule has 0 N–H and O–H groups in total. The number of likely N-dealkylation sites (N-methyl/N-ethyl adjacent to an activating group) is 1. The molecular weight excluding hydrogens is 358 g/mol. The Morgan fingerprint density at radius 1 is 1.18 bits per heavy atom. The lowest BCUT2D eigenvalue weighted by molar-refractivity contribution is -0.130. The second kappa shape index (κ2) is 8.37. The Morgan fingerprint density at radius 3 is 2.46 bits per heavy atom. The smallest absolute Gasteiger partial charge is 0.228 e. The molecule has 0 atom stereocenters. The van der Waals surface area contributed by atoms with E-state index in [1.165, 1.54) is 0 Å². The van der Waals surface area contributed by atoms with E-state index in [0.717, 1.165) is 22.5 Å². The van der Waals surface area contributed by atoms with Crippen LogP contribution in [0, 0.1) is 13.8 Å². The molecule has 0 aliphatic carbocycles. The van der Waals surface area contributed by atoms with Gasteiger partial charge in [0, 0.05) is 35.6 Å². The van der Waals surface area contributed by atoms with Crippen LogP contribution in [0.15, 0.2) is 30.3 Å². The Hall–Kier alpha value is -2.96. The molecule has 28 heavy (non-hydrogen) atoms. The molecule has 3 aromatic rings. The Labute approximate surface area is 163 Å². The van der Waals surface area contributed by atoms with Crippen LogP contribution < -0.4 is 4.74 Å². The maximum absolute atomic E-state index is 12.8. The van der Waals surface area contributed by atoms with Crippen LogP contribution >= 0.6 is 0 Å². The summed E-state index contributed by atoms with van der Waals surface area (Å²) in [5, 5.41) is 4.73. The molecule has 0 spiro atoms. The Bertz CT molecular complexity index is 978. The summed E-state index contributed by atoms with van der Waals surface area (Å²) in [5.41, 5.74) is 4.84. The normalized spacial score (nSPS) is 11.0. The van der Waals surface area contributed by atoms with E-state index in [4.69, 9.17) is 9.84 Å². The lowest BCUT2D eigenvalue weighted by atomic mass is 10.0. The zero-order chi connectivity index (χ0) is 20.3. The monoisotopic (exact) mass is 383 g/mol. The molecule has 7 heteroatoms. The maximum atomic E-state index is 12.8. The minimum absolute atomic E-state index is 0.0412. The van der Waals surface area contributed by atoms with Crippen molar-refractivity contribution in [1.82, 2.24) is 19.5 Å². The lowest BCUT2D eigenvalue weighted by Crippen LogP contribution is -2.31. The van der Waals surface area contributed by atoms with Crippen molar-refractivity contribution in [3.05, 3.63) is 47.3 Å². The molecule has 6 nitrogen and oxygen atoms in total. The zero-order valence-corrected chi connectivity index (χ0v) is 16.7. The summed E-state index contributed by atoms with van der Waals surface area (Å²) in [4.78, 5) is 19.3. The molecule has 148 valence electrons. The largest absolute Gasteiger partial charge is 0.463 e. The fourth-order valence-corrected chi connectivity index (χ4v) is 3.37. The molecule has 0 saturated heterocycles. The Morgan fingerprint density at radius 2 is 1.86 bits per heavy atom. The van der Waals surface area contributed by atoms with Crippen molar-refractivity contribution in [1.29, 1.82) is 0 Å². The van der Waals surface area contributed by atoms with E-state index >= 15 is 0 Å². The number of fused-ring (bicyclic) bond motifs is 1. The average molecular weight is 383 g/mol. The minimum atomic E-state index is -0.875. The summed E-state index contributed by atoms with van der Waals surface area (Å²) in [7, 11) is 0. The summed E-state index contributed by atoms with van der Waals surface area (Å²) in [6.07, 6.45) is 0.221. The van der Waals surface area contributed by atoms with E-state index < -0.39 is 6.86 Å². The first kappa shape index (κ1) is 19.8. The van der Waals surface area contributed by atoms with Crippen molar-refractivity contribution in [2.24, 2.45) is 0 Å². The average Bonchev–Trinajstić information content (AvgIpc) is 3.02. The van der Waals surface area contributed by atoms with Crippen LogP contribution in [0.2, 0.25) is 0 Å². The number of ether oxygens (including phenoxy) is 1. The number of rotatable bonds is 7. The molecule has 1 aromatic carbocycles. The van der Waals surface area contributed by atoms with E-state index in [2.05, 4.69) is 4.98 Å². The van der Waals surface area contributed by atoms with Gasteiger partial charge in [0.2, 0.25) is 12.8 Å². The number of aromatic nitrogens is 3. The number of aryl methyl sites for hydroxylation is 2. The number of carbonyl (C=O) groups excluding carboxylic acids is 1. The predicted molar refractivity (Wildman–Crippen MR) is 106 cm³/mol. The SMILES string of the molecule is CCN(CC)C(=O)Cc1c(-c2ccc(OC[18F])cc2)nn2c(C)cc(C)nc12. The van der Waals surface area contributed by atoms with Gasteiger partial charge in [0.05, 0.1) is 12.1 Å². The molecule has 0 unspecified atom stereocenters. The molecule has 0 fully saturated rings. The molecule has 0 saturated carbocycles. The Balaban J connectivity index is 2.12. The second-order valence-corrected chi connectivity index (χ2v) is 6.62. The molecule has 3 rings (SSSR count). The van der Waals surface area contributed by atoms with Crippen LogP contribution in [0.4, 0.5) is 4.39 Å². The number of amides is 1. The van der Waals surface area contributed by atoms with E-state index in [-0.39, 0.29) is 12.3 Å². The summed E-state index contributed by atoms with van der Waals surface area (Å²) < 4.78 is 19.0. The molecule has 2 heterocycles. The third-order valence-corrected chi connectivity index (χ3v) is 4.78. The highest BCUT2D eigenvalue weighted by Crippen LogP contribution is 2.29. The third kappa shape index (κ3) is 3.83. The summed E-state index contributed by atoms with van der Waals surface area (Å²) >= 11 is 0. The highest BCUT2D eigenvalue weighted by molar-refractivity contribution is 5.84. The van der Waals surface area contributed by atoms with Gasteiger partial charge in [-0.3, -0.25) is 4.79 Å². The van der Waals surface area contributed by atoms with Crippen LogP contribution in [0.25, 0.3) is 16.9 Å². The first-order valence-corrected chi connectivity index (χ1v) is 9.41. The molecule has 1 amide bonds. The van der Waals surface area contributed by atoms with E-state index in [1.54, 1.807) is 21.5 Å². The third-order valence-electron chi connectivity index (χ3n) is 4.78. The molecule has 0 radical (unpaired) electrons. The minimum Gasteiger partial charge on any atom is -0.463 e. The van der Waals surface area contributed by atoms with Gasteiger partial charge in [0.15, 0.2) is 5.65 Å². The number of carbonyl (C=O) groups is 1. The van der Waals surface area contributed by atoms with Crippen LogP contribution in [-0.4, -0.2) is 45.4 Å². The maximum Gasteiger partial charge on any atom is 0.228 e. The fourth-order valence-electron chi connectivity index (χ4n) is 3.37. The number of alkyl halides is 1. The van der Waals surface area contributed by atoms with Crippen LogP contribution in [0.3, 0.4) is 0 Å². The topological polar surface area (TPSA) is 59.7 Å². The molecule has 0 bridgehead atoms. The highest BCUT2D eigenvalue weighted by Gasteiger charge is 2.21. The van der Waals surface area contributed by atoms with Crippen LogP contribution in [-0.2, 0) is 11.2 Å². The van der Waals surface area contributed by atoms with E-state index in [0.29, 0.717) is 30.2 Å². The van der Waals surface area contributed by atoms with Crippen molar-refractivity contribution in [3.63, 3.8) is 0 Å². The quantitative estimate of drug-likeness (QED) is 0.624. The van der Waals surface area contributed by atoms with Crippen molar-refractivity contribution >= 4 is 11.6 Å². The molecule has 2 aromatic heterocycles. The summed E-state index contributed by atoms with van der Waals surface area (Å²) in [5.74, 6) is 0.487. The van der Waals surface area contributed by atoms with Gasteiger partial charge in [0.25, 0.3) is 0 Å². The highest BCUT2D eigenvalue weighted by atomic mass is 18.2. The first-order chi connectivity index (χ1) is 13.5. The van der Waals surface area contributed by atoms with Crippen molar-refractivity contribution < 1.29 is 13.9 Å². The van der Waals surface area contributed by atoms with Crippen LogP contribution in [0.1, 0.15) is 30.8 Å². The van der Waals surface area contributed by atoms with E-state index in [1.807, 2.05) is 45.9 Å². The molecule has 0 aliphatic rings. The van der Waals surface area contributed by atoms with Gasteiger partial charge in [-0.25, -0.2) is 13.9 Å². The number of hydrogen-bond acceptors (Lipinski definition) is 4. The summed E-state index contributed by atoms with van der Waals surface area (Å²) in [6, 6.07) is 8.99. The number of halogens is 1. The summed E-state index contributed by atoms with van der Waals surface area (Å²) in [6.45, 7) is 8.27. The molecular formula is C21H25FN4O2. The van der Waals surface area contributed by atoms with Crippen molar-refractivity contribution in [2.45, 2.75) is 34.1 Å². The van der Waals surface area contributed by atoms with Crippen molar-refractivity contribution in [2.75, 3.05) is 20.0 Å². The lowest BCUT2D eigenvalue weighted by Gasteiger charge is -2.18. The van der Waals surface area contributed by atoms with Gasteiger partial charge in [-0.1, -0.05) is 0 Å². The number of nitrogens with zero attached hydrogens (tertiary/aromatic N) is 4. The molecule has 0 aliphatic heterocycles. The van der Waals surface area contributed by atoms with Gasteiger partial charge in [-0.2, -0.15) is 5.10 Å². The predicted octanol–water partition coefficient (Wildman–Crippen LogP) is 3.73. The standard InChI is InChI=1S/C21H25FN4O2/c1-5-25(6-2)19(27)12-18-20(16-7-9-17(10-8-16)28-13-22)24-26-15(4)11-14(3)23-21(18)26/h7-11H,5-6,12-13H2,1-4H3/i22-1. The van der Waals surface area contributed by atoms with Gasteiger partial charge in [-0.05, 0) is 58.0 Å².